The number of amides is 1. The van der Waals surface area contributed by atoms with Crippen molar-refractivity contribution in [2.45, 2.75) is 31.8 Å². The van der Waals surface area contributed by atoms with Gasteiger partial charge in [0.1, 0.15) is 34.2 Å². The fourth-order valence-electron chi connectivity index (χ4n) is 4.29. The van der Waals surface area contributed by atoms with Crippen LogP contribution in [-0.2, 0) is 4.79 Å². The van der Waals surface area contributed by atoms with Gasteiger partial charge in [-0.05, 0) is 18.2 Å². The normalized spacial score (nSPS) is 16.7. The highest BCUT2D eigenvalue weighted by Gasteiger charge is 2.45. The highest BCUT2D eigenvalue weighted by Crippen LogP contribution is 2.44. The molecule has 0 aliphatic carbocycles. The van der Waals surface area contributed by atoms with Crippen LogP contribution in [0.3, 0.4) is 0 Å². The number of ether oxygens (including phenoxy) is 4. The SMILES string of the molecule is COc1cc(OC)c2c(c1)OC1(CCN(C(=O)c3cccc(OC(C)=O)c3)CC1)CC2=O. The summed E-state index contributed by atoms with van der Waals surface area (Å²) in [5, 5.41) is 0. The van der Waals surface area contributed by atoms with E-state index < -0.39 is 11.6 Å². The lowest BCUT2D eigenvalue weighted by molar-refractivity contribution is -0.131. The van der Waals surface area contributed by atoms with Gasteiger partial charge >= 0.3 is 5.97 Å². The van der Waals surface area contributed by atoms with Gasteiger partial charge in [-0.25, -0.2) is 0 Å². The zero-order valence-electron chi connectivity index (χ0n) is 18.3. The number of likely N-dealkylation sites (tertiary alicyclic amines) is 1. The lowest BCUT2D eigenvalue weighted by atomic mass is 9.82. The molecule has 2 aromatic carbocycles. The molecule has 2 aromatic rings. The molecule has 0 bridgehead atoms. The van der Waals surface area contributed by atoms with Crippen molar-refractivity contribution in [2.24, 2.45) is 0 Å². The number of carbonyl (C=O) groups is 3. The Kier molecular flexibility index (Phi) is 5.78. The number of carbonyl (C=O) groups excluding carboxylic acids is 3. The number of nitrogens with zero attached hydrogens (tertiary/aromatic N) is 1. The Morgan fingerprint density at radius 3 is 2.44 bits per heavy atom. The number of rotatable bonds is 4. The molecule has 2 heterocycles. The van der Waals surface area contributed by atoms with Crippen LogP contribution in [0.25, 0.3) is 0 Å². The zero-order chi connectivity index (χ0) is 22.9. The fraction of sp³-hybridized carbons (Fsp3) is 0.375. The summed E-state index contributed by atoms with van der Waals surface area (Å²) < 4.78 is 22.1. The number of hydrogen-bond donors (Lipinski definition) is 0. The summed E-state index contributed by atoms with van der Waals surface area (Å²) in [5.74, 6) is 1.12. The molecular weight excluding hydrogens is 414 g/mol. The molecule has 4 rings (SSSR count). The van der Waals surface area contributed by atoms with Gasteiger partial charge in [-0.1, -0.05) is 6.07 Å². The Hall–Kier alpha value is -3.55. The molecule has 1 spiro atoms. The maximum absolute atomic E-state index is 13.0. The van der Waals surface area contributed by atoms with Crippen LogP contribution in [0.15, 0.2) is 36.4 Å². The first-order valence-corrected chi connectivity index (χ1v) is 10.4. The van der Waals surface area contributed by atoms with Crippen LogP contribution in [-0.4, -0.2) is 55.5 Å². The summed E-state index contributed by atoms with van der Waals surface area (Å²) in [5.41, 5.74) is 0.206. The molecule has 0 aromatic heterocycles. The summed E-state index contributed by atoms with van der Waals surface area (Å²) in [4.78, 5) is 38.9. The van der Waals surface area contributed by atoms with Crippen molar-refractivity contribution in [3.63, 3.8) is 0 Å². The molecule has 168 valence electrons. The number of piperidine rings is 1. The summed E-state index contributed by atoms with van der Waals surface area (Å²) in [6.07, 6.45) is 1.27. The highest BCUT2D eigenvalue weighted by molar-refractivity contribution is 6.03. The van der Waals surface area contributed by atoms with E-state index in [0.717, 1.165) is 0 Å². The van der Waals surface area contributed by atoms with E-state index in [-0.39, 0.29) is 18.1 Å². The predicted octanol–water partition coefficient (Wildman–Crippen LogP) is 3.27. The Morgan fingerprint density at radius 2 is 1.78 bits per heavy atom. The smallest absolute Gasteiger partial charge is 0.308 e. The van der Waals surface area contributed by atoms with E-state index in [1.807, 2.05) is 0 Å². The summed E-state index contributed by atoms with van der Waals surface area (Å²) in [6, 6.07) is 9.93. The number of benzene rings is 2. The predicted molar refractivity (Wildman–Crippen MR) is 115 cm³/mol. The first-order chi connectivity index (χ1) is 15.3. The minimum atomic E-state index is -0.669. The van der Waals surface area contributed by atoms with Gasteiger partial charge in [0, 0.05) is 50.6 Å². The van der Waals surface area contributed by atoms with Gasteiger partial charge in [0.05, 0.1) is 20.6 Å². The molecule has 8 nitrogen and oxygen atoms in total. The van der Waals surface area contributed by atoms with Crippen molar-refractivity contribution in [3.8, 4) is 23.0 Å². The van der Waals surface area contributed by atoms with Crippen LogP contribution in [0, 0.1) is 0 Å². The third-order valence-corrected chi connectivity index (χ3v) is 5.89. The molecule has 1 amide bonds. The Bertz CT molecular complexity index is 1070. The topological polar surface area (TPSA) is 91.4 Å². The second-order valence-corrected chi connectivity index (χ2v) is 8.00. The molecule has 0 saturated carbocycles. The lowest BCUT2D eigenvalue weighted by Crippen LogP contribution is -2.52. The van der Waals surface area contributed by atoms with Crippen molar-refractivity contribution in [3.05, 3.63) is 47.5 Å². The van der Waals surface area contributed by atoms with E-state index in [9.17, 15) is 14.4 Å². The van der Waals surface area contributed by atoms with Crippen LogP contribution in [0.2, 0.25) is 0 Å². The van der Waals surface area contributed by atoms with E-state index in [0.29, 0.717) is 60.1 Å². The van der Waals surface area contributed by atoms with Crippen molar-refractivity contribution in [2.75, 3.05) is 27.3 Å². The monoisotopic (exact) mass is 439 g/mol. The molecule has 8 heteroatoms. The van der Waals surface area contributed by atoms with Gasteiger partial charge in [0.2, 0.25) is 0 Å². The fourth-order valence-corrected chi connectivity index (χ4v) is 4.29. The first-order valence-electron chi connectivity index (χ1n) is 10.4. The molecule has 1 saturated heterocycles. The van der Waals surface area contributed by atoms with Crippen LogP contribution in [0.4, 0.5) is 0 Å². The number of fused-ring (bicyclic) bond motifs is 1. The number of Topliss-reactive ketones (excluding diaryl/α,β-unsaturated/α-hetero) is 1. The van der Waals surface area contributed by atoms with Gasteiger partial charge in [0.25, 0.3) is 5.91 Å². The minimum Gasteiger partial charge on any atom is -0.496 e. The zero-order valence-corrected chi connectivity index (χ0v) is 18.3. The maximum Gasteiger partial charge on any atom is 0.308 e. The minimum absolute atomic E-state index is 0.0420. The number of methoxy groups -OCH3 is 2. The van der Waals surface area contributed by atoms with Gasteiger partial charge in [-0.3, -0.25) is 14.4 Å². The molecule has 0 unspecified atom stereocenters. The van der Waals surface area contributed by atoms with Crippen LogP contribution < -0.4 is 18.9 Å². The average molecular weight is 439 g/mol. The quantitative estimate of drug-likeness (QED) is 0.533. The van der Waals surface area contributed by atoms with Crippen LogP contribution in [0.5, 0.6) is 23.0 Å². The third-order valence-electron chi connectivity index (χ3n) is 5.89. The van der Waals surface area contributed by atoms with Crippen molar-refractivity contribution in [1.82, 2.24) is 4.90 Å². The third kappa shape index (κ3) is 4.12. The van der Waals surface area contributed by atoms with Crippen LogP contribution >= 0.6 is 0 Å². The van der Waals surface area contributed by atoms with Gasteiger partial charge < -0.3 is 23.8 Å². The number of hydrogen-bond acceptors (Lipinski definition) is 7. The van der Waals surface area contributed by atoms with E-state index in [2.05, 4.69) is 0 Å². The van der Waals surface area contributed by atoms with Gasteiger partial charge in [-0.2, -0.15) is 0 Å². The largest absolute Gasteiger partial charge is 0.496 e. The molecule has 0 radical (unpaired) electrons. The van der Waals surface area contributed by atoms with Crippen LogP contribution in [0.1, 0.15) is 46.9 Å². The van der Waals surface area contributed by atoms with E-state index >= 15 is 0 Å². The Labute approximate surface area is 186 Å². The molecule has 1 fully saturated rings. The summed E-state index contributed by atoms with van der Waals surface area (Å²) >= 11 is 0. The lowest BCUT2D eigenvalue weighted by Gasteiger charge is -2.44. The standard InChI is InChI=1S/C24H25NO7/c1-15(26)31-17-6-4-5-16(11-17)23(28)25-9-7-24(8-10-25)14-19(27)22-20(30-3)12-18(29-2)13-21(22)32-24/h4-6,11-13H,7-10,14H2,1-3H3. The van der Waals surface area contributed by atoms with Gasteiger partial charge in [-0.15, -0.1) is 0 Å². The number of esters is 1. The summed E-state index contributed by atoms with van der Waals surface area (Å²) in [6.45, 7) is 2.20. The maximum atomic E-state index is 13.0. The highest BCUT2D eigenvalue weighted by atomic mass is 16.5. The van der Waals surface area contributed by atoms with E-state index in [1.54, 1.807) is 48.4 Å². The second-order valence-electron chi connectivity index (χ2n) is 8.00. The first kappa shape index (κ1) is 21.7. The Balaban J connectivity index is 1.50. The molecule has 2 aliphatic rings. The van der Waals surface area contributed by atoms with Crippen molar-refractivity contribution >= 4 is 17.7 Å². The van der Waals surface area contributed by atoms with Crippen molar-refractivity contribution in [1.29, 1.82) is 0 Å². The molecular formula is C24H25NO7. The average Bonchev–Trinajstić information content (AvgIpc) is 2.77. The summed E-state index contributed by atoms with van der Waals surface area (Å²) in [7, 11) is 3.05. The number of ketones is 1. The van der Waals surface area contributed by atoms with E-state index in [4.69, 9.17) is 18.9 Å². The molecule has 32 heavy (non-hydrogen) atoms. The molecule has 2 aliphatic heterocycles. The Morgan fingerprint density at radius 1 is 1.03 bits per heavy atom. The second kappa shape index (κ2) is 8.53. The van der Waals surface area contributed by atoms with Crippen molar-refractivity contribution < 1.29 is 33.3 Å². The van der Waals surface area contributed by atoms with Gasteiger partial charge in [0.15, 0.2) is 5.78 Å². The molecule has 0 atom stereocenters. The molecule has 0 N–H and O–H groups in total. The van der Waals surface area contributed by atoms with E-state index in [1.165, 1.54) is 14.0 Å².